The summed E-state index contributed by atoms with van der Waals surface area (Å²) in [4.78, 5) is 11.3. The topological polar surface area (TPSA) is 46.5 Å². The van der Waals surface area contributed by atoms with Crippen LogP contribution in [0, 0.1) is 0 Å². The van der Waals surface area contributed by atoms with Gasteiger partial charge in [0.05, 0.1) is 13.0 Å². The molecule has 0 fully saturated rings. The summed E-state index contributed by atoms with van der Waals surface area (Å²) in [6.07, 6.45) is -2.42. The smallest absolute Gasteiger partial charge is 0.307 e. The second-order valence-corrected chi connectivity index (χ2v) is 12.2. The van der Waals surface area contributed by atoms with Crippen LogP contribution in [-0.4, -0.2) is 19.4 Å². The highest BCUT2D eigenvalue weighted by Gasteiger charge is 2.45. The standard InChI is InChI=1S/C18H30O3Si/c1-13(2)22(14(3)4,15(5)6)21-12-17-10-8-7-9-16(17)11-18(19)20/h7-10,13-15H,11-12H2,1-6H3,(H,19,20)/i11D2. The molecule has 0 saturated heterocycles. The van der Waals surface area contributed by atoms with Crippen molar-refractivity contribution >= 4 is 14.3 Å². The van der Waals surface area contributed by atoms with Crippen LogP contribution in [0.3, 0.4) is 0 Å². The molecule has 1 aromatic carbocycles. The molecular formula is C18H30O3Si. The number of aliphatic carboxylic acids is 1. The second-order valence-electron chi connectivity index (χ2n) is 6.69. The van der Waals surface area contributed by atoms with E-state index in [1.165, 1.54) is 6.07 Å². The van der Waals surface area contributed by atoms with Crippen molar-refractivity contribution in [1.82, 2.24) is 0 Å². The monoisotopic (exact) mass is 324 g/mol. The van der Waals surface area contributed by atoms with Gasteiger partial charge >= 0.3 is 5.97 Å². The minimum absolute atomic E-state index is 0.177. The van der Waals surface area contributed by atoms with Gasteiger partial charge < -0.3 is 9.53 Å². The largest absolute Gasteiger partial charge is 0.481 e. The maximum absolute atomic E-state index is 11.3. The number of carbonyl (C=O) groups is 1. The zero-order chi connectivity index (χ0) is 18.7. The van der Waals surface area contributed by atoms with Crippen LogP contribution in [0.2, 0.25) is 16.6 Å². The summed E-state index contributed by atoms with van der Waals surface area (Å²) in [7, 11) is -2.09. The Hall–Kier alpha value is -1.13. The molecule has 1 N–H and O–H groups in total. The van der Waals surface area contributed by atoms with E-state index < -0.39 is 20.7 Å². The SMILES string of the molecule is [2H]C([2H])(C(=O)O)c1ccccc1CO[Si](C(C)C)(C(C)C)C(C)C. The Morgan fingerprint density at radius 2 is 1.55 bits per heavy atom. The summed E-state index contributed by atoms with van der Waals surface area (Å²) in [6, 6.07) is 6.76. The van der Waals surface area contributed by atoms with Crippen molar-refractivity contribution < 1.29 is 17.1 Å². The molecule has 3 nitrogen and oxygen atoms in total. The summed E-state index contributed by atoms with van der Waals surface area (Å²) in [5.74, 6) is -1.48. The van der Waals surface area contributed by atoms with Gasteiger partial charge in [-0.1, -0.05) is 65.8 Å². The average Bonchev–Trinajstić information content (AvgIpc) is 2.46. The van der Waals surface area contributed by atoms with Crippen LogP contribution in [-0.2, 0) is 22.2 Å². The first-order chi connectivity index (χ1) is 11.0. The number of benzene rings is 1. The molecule has 0 aliphatic heterocycles. The van der Waals surface area contributed by atoms with Gasteiger partial charge in [0, 0.05) is 2.74 Å². The van der Waals surface area contributed by atoms with E-state index in [0.717, 1.165) is 0 Å². The summed E-state index contributed by atoms with van der Waals surface area (Å²) in [5, 5.41) is 9.20. The molecule has 4 heteroatoms. The number of carboxylic acids is 1. The molecule has 0 unspecified atom stereocenters. The highest BCUT2D eigenvalue weighted by molar-refractivity contribution is 6.77. The van der Waals surface area contributed by atoms with Gasteiger partial charge in [-0.05, 0) is 27.8 Å². The molecule has 1 rings (SSSR count). The summed E-state index contributed by atoms with van der Waals surface area (Å²) in [5.41, 5.74) is 2.04. The highest BCUT2D eigenvalue weighted by Crippen LogP contribution is 2.42. The zero-order valence-corrected chi connectivity index (χ0v) is 15.5. The fourth-order valence-electron chi connectivity index (χ4n) is 3.59. The van der Waals surface area contributed by atoms with E-state index in [-0.39, 0.29) is 12.2 Å². The Bertz CT molecular complexity index is 549. The highest BCUT2D eigenvalue weighted by atomic mass is 28.4. The third-order valence-corrected chi connectivity index (χ3v) is 10.5. The van der Waals surface area contributed by atoms with Crippen molar-refractivity contribution in [3.63, 3.8) is 0 Å². The van der Waals surface area contributed by atoms with Gasteiger partial charge in [-0.25, -0.2) is 0 Å². The van der Waals surface area contributed by atoms with Gasteiger partial charge in [-0.3, -0.25) is 4.79 Å². The average molecular weight is 325 g/mol. The van der Waals surface area contributed by atoms with Crippen LogP contribution >= 0.6 is 0 Å². The van der Waals surface area contributed by atoms with Crippen LogP contribution in [0.1, 0.15) is 55.4 Å². The minimum Gasteiger partial charge on any atom is -0.481 e. The predicted octanol–water partition coefficient (Wildman–Crippen LogP) is 5.01. The van der Waals surface area contributed by atoms with Gasteiger partial charge in [0.15, 0.2) is 0 Å². The molecule has 124 valence electrons. The van der Waals surface area contributed by atoms with Crippen molar-refractivity contribution in [2.24, 2.45) is 0 Å². The summed E-state index contributed by atoms with van der Waals surface area (Å²) < 4.78 is 22.2. The molecule has 0 bridgehead atoms. The molecule has 0 spiro atoms. The predicted molar refractivity (Wildman–Crippen MR) is 93.6 cm³/mol. The first-order valence-corrected chi connectivity index (χ1v) is 10.1. The molecule has 0 heterocycles. The van der Waals surface area contributed by atoms with Gasteiger partial charge in [-0.2, -0.15) is 0 Å². The lowest BCUT2D eigenvalue weighted by Crippen LogP contribution is -2.47. The molecule has 1 aromatic rings. The van der Waals surface area contributed by atoms with Gasteiger partial charge in [0.25, 0.3) is 0 Å². The lowest BCUT2D eigenvalue weighted by molar-refractivity contribution is -0.136. The molecule has 0 amide bonds. The van der Waals surface area contributed by atoms with Crippen LogP contribution in [0.4, 0.5) is 0 Å². The van der Waals surface area contributed by atoms with Gasteiger partial charge in [0.1, 0.15) is 0 Å². The van der Waals surface area contributed by atoms with Crippen LogP contribution in [0.25, 0.3) is 0 Å². The molecular weight excluding hydrogens is 292 g/mol. The van der Waals surface area contributed by atoms with Crippen molar-refractivity contribution in [1.29, 1.82) is 0 Å². The molecule has 0 aromatic heterocycles. The Balaban J connectivity index is 3.21. The molecule has 0 radical (unpaired) electrons. The van der Waals surface area contributed by atoms with E-state index in [2.05, 4.69) is 41.5 Å². The Morgan fingerprint density at radius 3 is 1.95 bits per heavy atom. The van der Waals surface area contributed by atoms with Crippen molar-refractivity contribution in [3.8, 4) is 0 Å². The van der Waals surface area contributed by atoms with E-state index in [9.17, 15) is 9.90 Å². The number of rotatable bonds is 8. The van der Waals surface area contributed by atoms with E-state index >= 15 is 0 Å². The van der Waals surface area contributed by atoms with Crippen molar-refractivity contribution in [2.45, 2.75) is 71.1 Å². The van der Waals surface area contributed by atoms with Crippen molar-refractivity contribution in [2.75, 3.05) is 0 Å². The van der Waals surface area contributed by atoms with E-state index in [1.807, 2.05) is 0 Å². The minimum atomic E-state index is -2.42. The Kier molecular flexibility index (Phi) is 5.68. The lowest BCUT2D eigenvalue weighted by atomic mass is 10.1. The first kappa shape index (κ1) is 15.8. The Labute approximate surface area is 138 Å². The number of carboxylic acid groups (broad SMARTS) is 1. The summed E-state index contributed by atoms with van der Waals surface area (Å²) >= 11 is 0. The van der Waals surface area contributed by atoms with Crippen LogP contribution in [0.5, 0.6) is 0 Å². The van der Waals surface area contributed by atoms with E-state index in [4.69, 9.17) is 7.17 Å². The van der Waals surface area contributed by atoms with Gasteiger partial charge in [0.2, 0.25) is 8.32 Å². The Morgan fingerprint density at radius 1 is 1.09 bits per heavy atom. The molecule has 22 heavy (non-hydrogen) atoms. The van der Waals surface area contributed by atoms with E-state index in [0.29, 0.717) is 22.2 Å². The van der Waals surface area contributed by atoms with Crippen LogP contribution in [0.15, 0.2) is 24.3 Å². The van der Waals surface area contributed by atoms with Crippen molar-refractivity contribution in [3.05, 3.63) is 35.4 Å². The second kappa shape index (κ2) is 7.93. The lowest BCUT2D eigenvalue weighted by Gasteiger charge is -2.42. The maximum Gasteiger partial charge on any atom is 0.307 e. The normalized spacial score (nSPS) is 14.4. The number of hydrogen-bond donors (Lipinski definition) is 1. The molecule has 0 aliphatic carbocycles. The molecule has 0 saturated carbocycles. The zero-order valence-electron chi connectivity index (χ0n) is 16.5. The quantitative estimate of drug-likeness (QED) is 0.684. The molecule has 0 atom stereocenters. The fourth-order valence-corrected chi connectivity index (χ4v) is 8.99. The van der Waals surface area contributed by atoms with Gasteiger partial charge in [-0.15, -0.1) is 0 Å². The third-order valence-electron chi connectivity index (χ3n) is 4.44. The maximum atomic E-state index is 11.3. The first-order valence-electron chi connectivity index (χ1n) is 8.93. The summed E-state index contributed by atoms with van der Waals surface area (Å²) in [6.45, 7) is 13.4. The third kappa shape index (κ3) is 4.20. The van der Waals surface area contributed by atoms with E-state index in [1.54, 1.807) is 18.2 Å². The van der Waals surface area contributed by atoms with Crippen LogP contribution < -0.4 is 0 Å². The molecule has 0 aliphatic rings. The fraction of sp³-hybridized carbons (Fsp3) is 0.611. The number of hydrogen-bond acceptors (Lipinski definition) is 2.